The molecule has 1 aliphatic rings. The van der Waals surface area contributed by atoms with Crippen LogP contribution in [-0.2, 0) is 21.1 Å². The zero-order chi connectivity index (χ0) is 17.6. The highest BCUT2D eigenvalue weighted by Crippen LogP contribution is 2.16. The number of carbonyl (C=O) groups excluding carboxylic acids is 1. The van der Waals surface area contributed by atoms with E-state index in [1.54, 1.807) is 7.11 Å². The fourth-order valence-corrected chi connectivity index (χ4v) is 4.65. The second kappa shape index (κ2) is 8.48. The molecule has 0 saturated carbocycles. The molecular weight excluding hydrogens is 328 g/mol. The average molecular weight is 354 g/mol. The fraction of sp³-hybridized carbons (Fsp3) is 0.588. The molecule has 1 aliphatic heterocycles. The summed E-state index contributed by atoms with van der Waals surface area (Å²) in [4.78, 5) is 13.9. The van der Waals surface area contributed by atoms with Gasteiger partial charge in [0.1, 0.15) is 5.75 Å². The lowest BCUT2D eigenvalue weighted by atomic mass is 10.1. The molecule has 1 heterocycles. The first kappa shape index (κ1) is 18.7. The van der Waals surface area contributed by atoms with Gasteiger partial charge in [0.25, 0.3) is 0 Å². The van der Waals surface area contributed by atoms with E-state index in [-0.39, 0.29) is 23.5 Å². The molecule has 134 valence electrons. The summed E-state index contributed by atoms with van der Waals surface area (Å²) in [5, 5.41) is 2.91. The van der Waals surface area contributed by atoms with E-state index in [0.717, 1.165) is 17.7 Å². The van der Waals surface area contributed by atoms with Crippen LogP contribution in [0.3, 0.4) is 0 Å². The van der Waals surface area contributed by atoms with Crippen molar-refractivity contribution in [3.05, 3.63) is 29.8 Å². The van der Waals surface area contributed by atoms with Crippen molar-refractivity contribution in [2.24, 2.45) is 0 Å². The Hall–Kier alpha value is -1.60. The van der Waals surface area contributed by atoms with Crippen LogP contribution in [0.5, 0.6) is 5.75 Å². The maximum Gasteiger partial charge on any atom is 0.221 e. The monoisotopic (exact) mass is 354 g/mol. The maximum atomic E-state index is 11.9. The third kappa shape index (κ3) is 5.79. The molecule has 1 amide bonds. The van der Waals surface area contributed by atoms with E-state index >= 15 is 0 Å². The molecule has 1 atom stereocenters. The van der Waals surface area contributed by atoms with Crippen molar-refractivity contribution in [3.63, 3.8) is 0 Å². The van der Waals surface area contributed by atoms with Crippen LogP contribution in [0.4, 0.5) is 0 Å². The molecule has 1 aromatic rings. The number of hydrogen-bond acceptors (Lipinski definition) is 5. The first-order valence-electron chi connectivity index (χ1n) is 8.20. The molecule has 6 nitrogen and oxygen atoms in total. The highest BCUT2D eigenvalue weighted by Gasteiger charge is 2.30. The molecule has 1 aromatic carbocycles. The van der Waals surface area contributed by atoms with Gasteiger partial charge in [0.2, 0.25) is 5.91 Å². The van der Waals surface area contributed by atoms with Crippen molar-refractivity contribution in [3.8, 4) is 5.75 Å². The minimum Gasteiger partial charge on any atom is -0.497 e. The summed E-state index contributed by atoms with van der Waals surface area (Å²) >= 11 is 0. The van der Waals surface area contributed by atoms with Crippen LogP contribution < -0.4 is 10.1 Å². The largest absolute Gasteiger partial charge is 0.497 e. The van der Waals surface area contributed by atoms with Crippen LogP contribution in [0.2, 0.25) is 0 Å². The smallest absolute Gasteiger partial charge is 0.221 e. The van der Waals surface area contributed by atoms with Crippen molar-refractivity contribution < 1.29 is 17.9 Å². The number of rotatable bonds is 8. The zero-order valence-corrected chi connectivity index (χ0v) is 15.1. The van der Waals surface area contributed by atoms with Gasteiger partial charge in [0.15, 0.2) is 9.84 Å². The lowest BCUT2D eigenvalue weighted by Gasteiger charge is -2.22. The number of nitrogens with one attached hydrogen (secondary N) is 1. The van der Waals surface area contributed by atoms with E-state index in [2.05, 4.69) is 5.32 Å². The minimum atomic E-state index is -2.88. The molecule has 7 heteroatoms. The van der Waals surface area contributed by atoms with Gasteiger partial charge in [-0.15, -0.1) is 0 Å². The summed E-state index contributed by atoms with van der Waals surface area (Å²) in [7, 11) is 0.634. The standard InChI is InChI=1S/C17H26N2O4S/c1-19(15-8-11-24(21,22)13-15)10-7-17(20)18-9-6-14-4-3-5-16(12-14)23-2/h3-5,12,15H,6-11,13H2,1-2H3,(H,18,20). The van der Waals surface area contributed by atoms with Gasteiger partial charge in [0, 0.05) is 25.6 Å². The molecule has 2 rings (SSSR count). The molecular formula is C17H26N2O4S. The number of sulfone groups is 1. The van der Waals surface area contributed by atoms with Gasteiger partial charge >= 0.3 is 0 Å². The van der Waals surface area contributed by atoms with Crippen molar-refractivity contribution >= 4 is 15.7 Å². The van der Waals surface area contributed by atoms with Crippen LogP contribution in [0, 0.1) is 0 Å². The van der Waals surface area contributed by atoms with E-state index in [9.17, 15) is 13.2 Å². The molecule has 1 unspecified atom stereocenters. The summed E-state index contributed by atoms with van der Waals surface area (Å²) in [6.07, 6.45) is 1.79. The number of amides is 1. The maximum absolute atomic E-state index is 11.9. The van der Waals surface area contributed by atoms with E-state index in [1.807, 2.05) is 36.2 Å². The lowest BCUT2D eigenvalue weighted by molar-refractivity contribution is -0.121. The van der Waals surface area contributed by atoms with E-state index in [1.165, 1.54) is 0 Å². The minimum absolute atomic E-state index is 0.00870. The number of hydrogen-bond donors (Lipinski definition) is 1. The highest BCUT2D eigenvalue weighted by atomic mass is 32.2. The van der Waals surface area contributed by atoms with Gasteiger partial charge in [-0.25, -0.2) is 8.42 Å². The molecule has 0 aliphatic carbocycles. The Morgan fingerprint density at radius 2 is 2.21 bits per heavy atom. The summed E-state index contributed by atoms with van der Waals surface area (Å²) in [6.45, 7) is 1.15. The van der Waals surface area contributed by atoms with E-state index in [0.29, 0.717) is 25.9 Å². The number of methoxy groups -OCH3 is 1. The molecule has 1 fully saturated rings. The second-order valence-corrected chi connectivity index (χ2v) is 8.47. The Morgan fingerprint density at radius 3 is 2.88 bits per heavy atom. The number of nitrogens with zero attached hydrogens (tertiary/aromatic N) is 1. The van der Waals surface area contributed by atoms with Gasteiger partial charge in [-0.3, -0.25) is 4.79 Å². The number of carbonyl (C=O) groups is 1. The van der Waals surface area contributed by atoms with Gasteiger partial charge < -0.3 is 15.0 Å². The Bertz CT molecular complexity index is 660. The predicted molar refractivity (Wildman–Crippen MR) is 94.0 cm³/mol. The molecule has 0 bridgehead atoms. The van der Waals surface area contributed by atoms with Crippen molar-refractivity contribution in [1.29, 1.82) is 0 Å². The van der Waals surface area contributed by atoms with Gasteiger partial charge in [-0.1, -0.05) is 12.1 Å². The molecule has 1 N–H and O–H groups in total. The number of ether oxygens (including phenoxy) is 1. The molecule has 0 spiro atoms. The van der Waals surface area contributed by atoms with E-state index in [4.69, 9.17) is 4.74 Å². The van der Waals surface area contributed by atoms with E-state index < -0.39 is 9.84 Å². The Labute approximate surface area is 144 Å². The first-order valence-corrected chi connectivity index (χ1v) is 10.0. The third-order valence-corrected chi connectivity index (χ3v) is 6.14. The molecule has 0 radical (unpaired) electrons. The predicted octanol–water partition coefficient (Wildman–Crippen LogP) is 0.863. The summed E-state index contributed by atoms with van der Waals surface area (Å²) in [5.74, 6) is 1.27. The van der Waals surface area contributed by atoms with Crippen LogP contribution in [-0.4, -0.2) is 64.0 Å². The van der Waals surface area contributed by atoms with Gasteiger partial charge in [0.05, 0.1) is 18.6 Å². The zero-order valence-electron chi connectivity index (χ0n) is 14.3. The Kier molecular flexibility index (Phi) is 6.62. The van der Waals surface area contributed by atoms with Crippen molar-refractivity contribution in [1.82, 2.24) is 10.2 Å². The molecule has 1 saturated heterocycles. The quantitative estimate of drug-likeness (QED) is 0.749. The topological polar surface area (TPSA) is 75.7 Å². The normalized spacial score (nSPS) is 19.4. The van der Waals surface area contributed by atoms with Crippen LogP contribution in [0.25, 0.3) is 0 Å². The third-order valence-electron chi connectivity index (χ3n) is 4.39. The average Bonchev–Trinajstić information content (AvgIpc) is 2.93. The lowest BCUT2D eigenvalue weighted by Crippen LogP contribution is -2.36. The van der Waals surface area contributed by atoms with Gasteiger partial charge in [-0.2, -0.15) is 0 Å². The highest BCUT2D eigenvalue weighted by molar-refractivity contribution is 7.91. The first-order chi connectivity index (χ1) is 11.4. The molecule has 24 heavy (non-hydrogen) atoms. The Balaban J connectivity index is 1.66. The van der Waals surface area contributed by atoms with Crippen molar-refractivity contribution in [2.75, 3.05) is 38.8 Å². The Morgan fingerprint density at radius 1 is 1.42 bits per heavy atom. The second-order valence-electron chi connectivity index (χ2n) is 6.24. The fourth-order valence-electron chi connectivity index (χ4n) is 2.85. The summed E-state index contributed by atoms with van der Waals surface area (Å²) < 4.78 is 28.2. The van der Waals surface area contributed by atoms with Crippen LogP contribution in [0.15, 0.2) is 24.3 Å². The van der Waals surface area contributed by atoms with Crippen LogP contribution >= 0.6 is 0 Å². The summed E-state index contributed by atoms with van der Waals surface area (Å²) in [5.41, 5.74) is 1.11. The SMILES string of the molecule is COc1cccc(CCNC(=O)CCN(C)C2CCS(=O)(=O)C2)c1. The van der Waals surface area contributed by atoms with Gasteiger partial charge in [-0.05, 0) is 37.6 Å². The van der Waals surface area contributed by atoms with Crippen LogP contribution in [0.1, 0.15) is 18.4 Å². The summed E-state index contributed by atoms with van der Waals surface area (Å²) in [6, 6.07) is 7.82. The molecule has 0 aromatic heterocycles. The van der Waals surface area contributed by atoms with Crippen molar-refractivity contribution in [2.45, 2.75) is 25.3 Å². The number of benzene rings is 1.